The van der Waals surface area contributed by atoms with E-state index in [0.717, 1.165) is 22.6 Å². The maximum Gasteiger partial charge on any atom is 0.216 e. The number of nitrogens with one attached hydrogen (secondary N) is 1. The largest absolute Gasteiger partial charge is 0.493 e. The predicted octanol–water partition coefficient (Wildman–Crippen LogP) is 3.95. The molecule has 0 fully saturated rings. The van der Waals surface area contributed by atoms with E-state index in [-0.39, 0.29) is 0 Å². The van der Waals surface area contributed by atoms with Gasteiger partial charge in [-0.3, -0.25) is 0 Å². The summed E-state index contributed by atoms with van der Waals surface area (Å²) in [5, 5.41) is 11.6. The van der Waals surface area contributed by atoms with Crippen molar-refractivity contribution in [3.8, 4) is 17.1 Å². The smallest absolute Gasteiger partial charge is 0.216 e. The van der Waals surface area contributed by atoms with E-state index in [9.17, 15) is 0 Å². The van der Waals surface area contributed by atoms with Crippen LogP contribution in [0.3, 0.4) is 0 Å². The van der Waals surface area contributed by atoms with Crippen LogP contribution in [0.15, 0.2) is 53.6 Å². The molecule has 1 N–H and O–H groups in total. The Labute approximate surface area is 157 Å². The van der Waals surface area contributed by atoms with Crippen LogP contribution in [-0.4, -0.2) is 41.8 Å². The zero-order chi connectivity index (χ0) is 18.5. The lowest BCUT2D eigenvalue weighted by atomic mass is 10.2. The lowest BCUT2D eigenvalue weighted by Crippen LogP contribution is -2.08. The SMILES string of the molecule is CCOc1ccccc1-c1n[nH]c(=S)n1/N=C\c1ccc(N(C)C)cc1. The maximum absolute atomic E-state index is 5.70. The molecule has 0 aliphatic heterocycles. The Kier molecular flexibility index (Phi) is 5.48. The molecule has 0 aliphatic rings. The number of anilines is 1. The normalized spacial score (nSPS) is 11.0. The molecular formula is C19H21N5OS. The molecule has 26 heavy (non-hydrogen) atoms. The number of H-pyrrole nitrogens is 1. The molecule has 134 valence electrons. The van der Waals surface area contributed by atoms with Gasteiger partial charge in [0.15, 0.2) is 5.82 Å². The van der Waals surface area contributed by atoms with E-state index in [1.54, 1.807) is 10.9 Å². The zero-order valence-corrected chi connectivity index (χ0v) is 15.8. The zero-order valence-electron chi connectivity index (χ0n) is 15.0. The minimum absolute atomic E-state index is 0.424. The fourth-order valence-corrected chi connectivity index (χ4v) is 2.67. The van der Waals surface area contributed by atoms with E-state index in [1.807, 2.05) is 69.6 Å². The number of ether oxygens (including phenoxy) is 1. The van der Waals surface area contributed by atoms with Crippen LogP contribution < -0.4 is 9.64 Å². The van der Waals surface area contributed by atoms with Crippen molar-refractivity contribution in [2.45, 2.75) is 6.92 Å². The van der Waals surface area contributed by atoms with Crippen molar-refractivity contribution in [1.82, 2.24) is 14.9 Å². The van der Waals surface area contributed by atoms with Gasteiger partial charge in [0.1, 0.15) is 5.75 Å². The van der Waals surface area contributed by atoms with Gasteiger partial charge in [0.2, 0.25) is 4.77 Å². The van der Waals surface area contributed by atoms with Gasteiger partial charge in [0.05, 0.1) is 18.4 Å². The van der Waals surface area contributed by atoms with Gasteiger partial charge in [-0.15, -0.1) is 0 Å². The molecule has 2 aromatic carbocycles. The Balaban J connectivity index is 1.95. The molecule has 3 aromatic rings. The first-order valence-electron chi connectivity index (χ1n) is 8.31. The molecule has 0 radical (unpaired) electrons. The summed E-state index contributed by atoms with van der Waals surface area (Å²) in [5.41, 5.74) is 2.94. The van der Waals surface area contributed by atoms with Crippen molar-refractivity contribution in [1.29, 1.82) is 0 Å². The monoisotopic (exact) mass is 367 g/mol. The first-order chi connectivity index (χ1) is 12.6. The molecule has 6 nitrogen and oxygen atoms in total. The van der Waals surface area contributed by atoms with E-state index >= 15 is 0 Å². The topological polar surface area (TPSA) is 58.4 Å². The molecule has 7 heteroatoms. The summed E-state index contributed by atoms with van der Waals surface area (Å²) in [7, 11) is 4.02. The van der Waals surface area contributed by atoms with Crippen molar-refractivity contribution < 1.29 is 4.74 Å². The van der Waals surface area contributed by atoms with Crippen LogP contribution in [0.25, 0.3) is 11.4 Å². The summed E-state index contributed by atoms with van der Waals surface area (Å²) < 4.78 is 7.72. The van der Waals surface area contributed by atoms with Crippen molar-refractivity contribution in [2.24, 2.45) is 5.10 Å². The number of rotatable bonds is 6. The number of para-hydroxylation sites is 1. The number of hydrogen-bond donors (Lipinski definition) is 1. The summed E-state index contributed by atoms with van der Waals surface area (Å²) in [6.07, 6.45) is 1.76. The minimum atomic E-state index is 0.424. The fourth-order valence-electron chi connectivity index (χ4n) is 2.49. The third-order valence-corrected chi connectivity index (χ3v) is 4.07. The van der Waals surface area contributed by atoms with E-state index in [2.05, 4.69) is 20.2 Å². The average molecular weight is 367 g/mol. The molecule has 3 rings (SSSR count). The number of hydrogen-bond acceptors (Lipinski definition) is 5. The number of nitrogens with zero attached hydrogens (tertiary/aromatic N) is 4. The van der Waals surface area contributed by atoms with Gasteiger partial charge in [-0.2, -0.15) is 14.9 Å². The highest BCUT2D eigenvalue weighted by Crippen LogP contribution is 2.28. The van der Waals surface area contributed by atoms with E-state index in [4.69, 9.17) is 17.0 Å². The maximum atomic E-state index is 5.70. The quantitative estimate of drug-likeness (QED) is 0.529. The molecule has 0 saturated heterocycles. The van der Waals surface area contributed by atoms with Gasteiger partial charge in [-0.25, -0.2) is 5.10 Å². The van der Waals surface area contributed by atoms with Crippen LogP contribution in [0.5, 0.6) is 5.75 Å². The van der Waals surface area contributed by atoms with Crippen molar-refractivity contribution in [2.75, 3.05) is 25.6 Å². The molecule has 1 aromatic heterocycles. The molecule has 0 amide bonds. The molecule has 0 spiro atoms. The fraction of sp³-hybridized carbons (Fsp3) is 0.211. The van der Waals surface area contributed by atoms with Gasteiger partial charge in [0, 0.05) is 19.8 Å². The lowest BCUT2D eigenvalue weighted by molar-refractivity contribution is 0.341. The molecule has 0 saturated carbocycles. The summed E-state index contributed by atoms with van der Waals surface area (Å²) in [5.74, 6) is 1.36. The first-order valence-corrected chi connectivity index (χ1v) is 8.72. The highest BCUT2D eigenvalue weighted by molar-refractivity contribution is 7.71. The average Bonchev–Trinajstić information content (AvgIpc) is 3.01. The van der Waals surface area contributed by atoms with Crippen LogP contribution in [0.2, 0.25) is 0 Å². The van der Waals surface area contributed by atoms with Crippen LogP contribution in [0.1, 0.15) is 12.5 Å². The van der Waals surface area contributed by atoms with Crippen LogP contribution >= 0.6 is 12.2 Å². The Hall–Kier alpha value is -2.93. The number of aromatic amines is 1. The Morgan fingerprint density at radius 3 is 2.62 bits per heavy atom. The van der Waals surface area contributed by atoms with Crippen molar-refractivity contribution >= 4 is 24.1 Å². The number of aromatic nitrogens is 3. The van der Waals surface area contributed by atoms with E-state index in [1.165, 1.54) is 0 Å². The van der Waals surface area contributed by atoms with Crippen LogP contribution in [0.4, 0.5) is 5.69 Å². The van der Waals surface area contributed by atoms with E-state index in [0.29, 0.717) is 17.2 Å². The second-order valence-corrected chi connectivity index (χ2v) is 6.21. The summed E-state index contributed by atoms with van der Waals surface area (Å²) in [4.78, 5) is 2.05. The predicted molar refractivity (Wildman–Crippen MR) is 108 cm³/mol. The van der Waals surface area contributed by atoms with Crippen molar-refractivity contribution in [3.05, 3.63) is 58.9 Å². The van der Waals surface area contributed by atoms with Crippen LogP contribution in [-0.2, 0) is 0 Å². The molecule has 0 aliphatic carbocycles. The van der Waals surface area contributed by atoms with Gasteiger partial charge in [0.25, 0.3) is 0 Å². The van der Waals surface area contributed by atoms with Crippen molar-refractivity contribution in [3.63, 3.8) is 0 Å². The van der Waals surface area contributed by atoms with Gasteiger partial charge >= 0.3 is 0 Å². The standard InChI is InChI=1S/C19H21N5OS/c1-4-25-17-8-6-5-7-16(17)18-21-22-19(26)24(18)20-13-14-9-11-15(12-10-14)23(2)3/h5-13H,4H2,1-3H3,(H,22,26)/b20-13-. The van der Waals surface area contributed by atoms with Gasteiger partial charge in [-0.1, -0.05) is 24.3 Å². The van der Waals surface area contributed by atoms with E-state index < -0.39 is 0 Å². The van der Waals surface area contributed by atoms with Crippen LogP contribution in [0, 0.1) is 4.77 Å². The molecule has 0 bridgehead atoms. The Bertz CT molecular complexity index is 957. The highest BCUT2D eigenvalue weighted by atomic mass is 32.1. The molecular weight excluding hydrogens is 346 g/mol. The number of benzene rings is 2. The van der Waals surface area contributed by atoms with Gasteiger partial charge < -0.3 is 9.64 Å². The first kappa shape index (κ1) is 17.9. The second-order valence-electron chi connectivity index (χ2n) is 5.82. The highest BCUT2D eigenvalue weighted by Gasteiger charge is 2.13. The summed E-state index contributed by atoms with van der Waals surface area (Å²) in [6, 6.07) is 15.8. The lowest BCUT2D eigenvalue weighted by Gasteiger charge is -2.11. The second kappa shape index (κ2) is 7.97. The summed E-state index contributed by atoms with van der Waals surface area (Å²) in [6.45, 7) is 2.52. The molecule has 1 heterocycles. The molecule has 0 atom stereocenters. The minimum Gasteiger partial charge on any atom is -0.493 e. The Morgan fingerprint density at radius 1 is 1.19 bits per heavy atom. The third-order valence-electron chi connectivity index (χ3n) is 3.81. The molecule has 0 unspecified atom stereocenters. The summed E-state index contributed by atoms with van der Waals surface area (Å²) >= 11 is 5.33. The Morgan fingerprint density at radius 2 is 1.92 bits per heavy atom. The van der Waals surface area contributed by atoms with Gasteiger partial charge in [-0.05, 0) is 49.0 Å². The third kappa shape index (κ3) is 3.83.